The molecule has 1 aliphatic rings. The number of benzene rings is 1. The molecule has 4 rings (SSSR count). The maximum absolute atomic E-state index is 15.5. The lowest BCUT2D eigenvalue weighted by molar-refractivity contribution is -0.0161. The molecule has 1 aromatic carbocycles. The summed E-state index contributed by atoms with van der Waals surface area (Å²) in [5.41, 5.74) is 0.460. The van der Waals surface area contributed by atoms with Crippen molar-refractivity contribution in [2.45, 2.75) is 38.3 Å². The van der Waals surface area contributed by atoms with Crippen molar-refractivity contribution in [2.75, 3.05) is 51.2 Å². The van der Waals surface area contributed by atoms with E-state index in [9.17, 15) is 17.6 Å². The van der Waals surface area contributed by atoms with Crippen LogP contribution in [0.15, 0.2) is 30.3 Å². The fourth-order valence-electron chi connectivity index (χ4n) is 4.57. The number of rotatable bonds is 10. The molecule has 13 heteroatoms. The van der Waals surface area contributed by atoms with Crippen molar-refractivity contribution < 1.29 is 31.5 Å². The lowest BCUT2D eigenvalue weighted by atomic mass is 9.93. The fraction of sp³-hybridized carbons (Fsp3) is 0.500. The molecular weight excluding hydrogens is 532 g/mol. The van der Waals surface area contributed by atoms with Crippen molar-refractivity contribution in [3.05, 3.63) is 47.5 Å². The van der Waals surface area contributed by atoms with Crippen LogP contribution in [0.5, 0.6) is 0 Å². The number of pyridine rings is 1. The maximum Gasteiger partial charge on any atom is 0.283 e. The van der Waals surface area contributed by atoms with Gasteiger partial charge < -0.3 is 14.4 Å². The fourth-order valence-corrected chi connectivity index (χ4v) is 5.01. The molecule has 39 heavy (non-hydrogen) atoms. The highest BCUT2D eigenvalue weighted by Gasteiger charge is 2.36. The van der Waals surface area contributed by atoms with E-state index in [0.29, 0.717) is 54.4 Å². The van der Waals surface area contributed by atoms with Crippen LogP contribution in [0, 0.1) is 5.82 Å². The van der Waals surface area contributed by atoms with E-state index < -0.39 is 27.4 Å². The Labute approximate surface area is 226 Å². The molecule has 0 spiro atoms. The smallest absolute Gasteiger partial charge is 0.283 e. The second-order valence-electron chi connectivity index (χ2n) is 10.0. The molecule has 212 valence electrons. The number of aromatic nitrogens is 3. The number of alkyl halides is 1. The Kier molecular flexibility index (Phi) is 8.52. The normalized spacial score (nSPS) is 15.7. The molecule has 10 nitrogen and oxygen atoms in total. The quantitative estimate of drug-likeness (QED) is 0.372. The number of anilines is 1. The van der Waals surface area contributed by atoms with Gasteiger partial charge in [-0.25, -0.2) is 31.6 Å². The largest absolute Gasteiger partial charge is 0.382 e. The van der Waals surface area contributed by atoms with Crippen molar-refractivity contribution >= 4 is 32.7 Å². The number of carbonyl (C=O) groups is 1. The van der Waals surface area contributed by atoms with E-state index in [1.807, 2.05) is 23.5 Å². The summed E-state index contributed by atoms with van der Waals surface area (Å²) in [5, 5.41) is 5.42. The van der Waals surface area contributed by atoms with Gasteiger partial charge in [0.25, 0.3) is 5.91 Å². The van der Waals surface area contributed by atoms with Gasteiger partial charge in [-0.3, -0.25) is 4.79 Å². The zero-order chi connectivity index (χ0) is 28.4. The minimum Gasteiger partial charge on any atom is -0.382 e. The minimum atomic E-state index is -3.86. The molecular formula is C26H33F2N5O5S. The van der Waals surface area contributed by atoms with E-state index in [-0.39, 0.29) is 31.1 Å². The minimum absolute atomic E-state index is 0.0439. The zero-order valence-corrected chi connectivity index (χ0v) is 23.2. The molecule has 0 saturated carbocycles. The Bertz CT molecular complexity index is 1440. The van der Waals surface area contributed by atoms with Crippen LogP contribution in [-0.4, -0.2) is 81.0 Å². The second kappa shape index (κ2) is 11.5. The number of fused-ring (bicyclic) bond motifs is 1. The third-order valence-electron chi connectivity index (χ3n) is 6.57. The molecule has 3 aromatic rings. The van der Waals surface area contributed by atoms with Gasteiger partial charge in [-0.1, -0.05) is 13.8 Å². The van der Waals surface area contributed by atoms with Crippen LogP contribution in [0.4, 0.5) is 14.5 Å². The third kappa shape index (κ3) is 6.71. The molecule has 0 atom stereocenters. The second-order valence-corrected chi connectivity index (χ2v) is 11.8. The molecule has 1 amide bonds. The number of ether oxygens (including phenoxy) is 2. The first kappa shape index (κ1) is 28.8. The van der Waals surface area contributed by atoms with Gasteiger partial charge in [0.2, 0.25) is 10.0 Å². The van der Waals surface area contributed by atoms with Crippen molar-refractivity contribution in [1.82, 2.24) is 19.5 Å². The van der Waals surface area contributed by atoms with Crippen LogP contribution >= 0.6 is 0 Å². The summed E-state index contributed by atoms with van der Waals surface area (Å²) in [7, 11) is -2.30. The maximum atomic E-state index is 15.5. The molecule has 2 aromatic heterocycles. The first-order chi connectivity index (χ1) is 18.4. The van der Waals surface area contributed by atoms with Gasteiger partial charge in [0.1, 0.15) is 17.2 Å². The van der Waals surface area contributed by atoms with E-state index in [2.05, 4.69) is 4.98 Å². The highest BCUT2D eigenvalue weighted by Crippen LogP contribution is 2.38. The summed E-state index contributed by atoms with van der Waals surface area (Å²) in [6.45, 7) is 5.22. The number of nitrogens with one attached hydrogen (secondary N) is 1. The average Bonchev–Trinajstić information content (AvgIpc) is 3.26. The average molecular weight is 566 g/mol. The number of sulfonamides is 1. The monoisotopic (exact) mass is 565 g/mol. The molecule has 0 aliphatic carbocycles. The summed E-state index contributed by atoms with van der Waals surface area (Å²) in [6, 6.07) is 7.18. The third-order valence-corrected chi connectivity index (χ3v) is 7.12. The molecule has 3 heterocycles. The number of methoxy groups -OCH3 is 1. The topological polar surface area (TPSA) is 116 Å². The number of carbonyl (C=O) groups excluding carboxylic acids is 1. The number of nitrogens with zero attached hydrogens (tertiary/aromatic N) is 4. The number of hydrogen-bond donors (Lipinski definition) is 1. The van der Waals surface area contributed by atoms with Crippen molar-refractivity contribution in [3.8, 4) is 5.69 Å². The van der Waals surface area contributed by atoms with Crippen molar-refractivity contribution in [2.24, 2.45) is 0 Å². The Morgan fingerprint density at radius 2 is 1.85 bits per heavy atom. The van der Waals surface area contributed by atoms with Gasteiger partial charge in [-0.15, -0.1) is 0 Å². The Morgan fingerprint density at radius 3 is 2.44 bits per heavy atom. The first-order valence-corrected chi connectivity index (χ1v) is 14.5. The van der Waals surface area contributed by atoms with E-state index in [1.165, 1.54) is 22.9 Å². The van der Waals surface area contributed by atoms with Crippen molar-refractivity contribution in [1.29, 1.82) is 0 Å². The van der Waals surface area contributed by atoms with E-state index >= 15 is 4.39 Å². The van der Waals surface area contributed by atoms with Gasteiger partial charge in [0.05, 0.1) is 48.5 Å². The summed E-state index contributed by atoms with van der Waals surface area (Å²) in [6.07, 6.45) is 1.26. The van der Waals surface area contributed by atoms with Crippen LogP contribution < -0.4 is 9.62 Å². The predicted octanol–water partition coefficient (Wildman–Crippen LogP) is 3.34. The van der Waals surface area contributed by atoms with Gasteiger partial charge >= 0.3 is 0 Å². The van der Waals surface area contributed by atoms with Crippen LogP contribution in [-0.2, 0) is 19.5 Å². The summed E-state index contributed by atoms with van der Waals surface area (Å²) >= 11 is 0. The number of amides is 1. The standard InChI is InChI=1S/C26H33F2N5O5S/c1-17(2)23-22-21(32-11-9-26(28,10-12-32)16-38-14-13-37-3)15-20(25(34)31-39(4,35)36)29-24(22)33(30-23)19-7-5-18(27)6-8-19/h5-8,15,17H,9-14,16H2,1-4H3,(H,31,34). The van der Waals surface area contributed by atoms with Crippen molar-refractivity contribution in [3.63, 3.8) is 0 Å². The van der Waals surface area contributed by atoms with E-state index in [0.717, 1.165) is 6.26 Å². The van der Waals surface area contributed by atoms with E-state index in [1.54, 1.807) is 19.2 Å². The van der Waals surface area contributed by atoms with Crippen LogP contribution in [0.1, 0.15) is 48.8 Å². The number of hydrogen-bond acceptors (Lipinski definition) is 8. The summed E-state index contributed by atoms with van der Waals surface area (Å²) < 4.78 is 66.6. The first-order valence-electron chi connectivity index (χ1n) is 12.6. The van der Waals surface area contributed by atoms with Gasteiger partial charge in [-0.2, -0.15) is 5.10 Å². The molecule has 0 bridgehead atoms. The Hall–Kier alpha value is -3.16. The molecule has 1 N–H and O–H groups in total. The highest BCUT2D eigenvalue weighted by molar-refractivity contribution is 7.89. The zero-order valence-electron chi connectivity index (χ0n) is 22.4. The molecule has 1 saturated heterocycles. The van der Waals surface area contributed by atoms with Crippen LogP contribution in [0.3, 0.4) is 0 Å². The predicted molar refractivity (Wildman–Crippen MR) is 143 cm³/mol. The lowest BCUT2D eigenvalue weighted by Gasteiger charge is -2.38. The van der Waals surface area contributed by atoms with E-state index in [4.69, 9.17) is 14.6 Å². The van der Waals surface area contributed by atoms with Gasteiger partial charge in [0, 0.05) is 33.0 Å². The van der Waals surface area contributed by atoms with Crippen LogP contribution in [0.25, 0.3) is 16.7 Å². The highest BCUT2D eigenvalue weighted by atomic mass is 32.2. The number of piperidine rings is 1. The number of halogens is 2. The molecule has 0 unspecified atom stereocenters. The van der Waals surface area contributed by atoms with Gasteiger partial charge in [-0.05, 0) is 36.2 Å². The lowest BCUT2D eigenvalue weighted by Crippen LogP contribution is -2.44. The molecule has 0 radical (unpaired) electrons. The molecule has 1 aliphatic heterocycles. The summed E-state index contributed by atoms with van der Waals surface area (Å²) in [4.78, 5) is 19.4. The Balaban J connectivity index is 1.80. The molecule has 1 fully saturated rings. The Morgan fingerprint density at radius 1 is 1.18 bits per heavy atom. The van der Waals surface area contributed by atoms with Crippen LogP contribution in [0.2, 0.25) is 0 Å². The van der Waals surface area contributed by atoms with Gasteiger partial charge in [0.15, 0.2) is 5.65 Å². The SMILES string of the molecule is COCCOCC1(F)CCN(c2cc(C(=O)NS(C)(=O)=O)nc3c2c(C(C)C)nn3-c2ccc(F)cc2)CC1. The summed E-state index contributed by atoms with van der Waals surface area (Å²) in [5.74, 6) is -1.37.